The number of rotatable bonds is 4. The van der Waals surface area contributed by atoms with Crippen LogP contribution in [0.5, 0.6) is 12.2 Å². The summed E-state index contributed by atoms with van der Waals surface area (Å²) in [6, 6.07) is 0. The molecular weight excluding hydrogens is 211 g/mol. The zero-order valence-corrected chi connectivity index (χ0v) is 7.75. The molecule has 0 fully saturated rings. The lowest BCUT2D eigenvalue weighted by atomic mass is 11.0. The van der Waals surface area contributed by atoms with E-state index in [1.54, 1.807) is 0 Å². The van der Waals surface area contributed by atoms with Crippen LogP contribution in [0.4, 0.5) is 0 Å². The van der Waals surface area contributed by atoms with E-state index in [1.165, 1.54) is 24.9 Å². The van der Waals surface area contributed by atoms with E-state index in [0.717, 1.165) is 0 Å². The lowest BCUT2D eigenvalue weighted by molar-refractivity contribution is 0.307. The number of hydrogen-bond acceptors (Lipinski definition) is 7. The molecule has 0 saturated carbocycles. The topological polar surface area (TPSA) is 87.6 Å². The summed E-state index contributed by atoms with van der Waals surface area (Å²) < 4.78 is 29.8. The van der Waals surface area contributed by atoms with Gasteiger partial charge in [0, 0.05) is 0 Å². The molecule has 0 N–H and O–H groups in total. The summed E-state index contributed by atoms with van der Waals surface area (Å²) in [4.78, 5) is 7.18. The van der Waals surface area contributed by atoms with Gasteiger partial charge in [-0.15, -0.1) is 0 Å². The van der Waals surface area contributed by atoms with Crippen molar-refractivity contribution in [3.8, 4) is 12.2 Å². The molecule has 0 radical (unpaired) electrons. The summed E-state index contributed by atoms with van der Waals surface area (Å²) in [6.45, 7) is 0. The zero-order chi connectivity index (χ0) is 9.80. The molecule has 0 aliphatic carbocycles. The van der Waals surface area contributed by atoms with Gasteiger partial charge in [0.25, 0.3) is 0 Å². The standard InChI is InChI=1S/C6H5N2O5P/c9-14(12-5-7-1-3-10-5)13-6-8-2-4-11-6/h1-4,14H. The van der Waals surface area contributed by atoms with Crippen LogP contribution >= 0.6 is 8.25 Å². The zero-order valence-electron chi connectivity index (χ0n) is 6.75. The summed E-state index contributed by atoms with van der Waals surface area (Å²) in [6.07, 6.45) is 5.04. The van der Waals surface area contributed by atoms with E-state index in [0.29, 0.717) is 0 Å². The van der Waals surface area contributed by atoms with Gasteiger partial charge in [-0.1, -0.05) is 0 Å². The van der Waals surface area contributed by atoms with Gasteiger partial charge in [0.15, 0.2) is 0 Å². The second-order valence-electron chi connectivity index (χ2n) is 2.05. The molecule has 7 nitrogen and oxygen atoms in total. The van der Waals surface area contributed by atoms with Crippen LogP contribution < -0.4 is 9.05 Å². The van der Waals surface area contributed by atoms with E-state index in [1.807, 2.05) is 0 Å². The van der Waals surface area contributed by atoms with E-state index in [4.69, 9.17) is 0 Å². The largest absolute Gasteiger partial charge is 0.425 e. The van der Waals surface area contributed by atoms with Crippen molar-refractivity contribution < 1.29 is 22.4 Å². The van der Waals surface area contributed by atoms with Crippen molar-refractivity contribution in [2.45, 2.75) is 0 Å². The minimum atomic E-state index is -2.80. The Hall–Kier alpha value is -1.75. The first-order valence-corrected chi connectivity index (χ1v) is 4.76. The Balaban J connectivity index is 1.91. The molecule has 2 heterocycles. The molecular formula is C6H5N2O5P. The Kier molecular flexibility index (Phi) is 2.51. The molecule has 0 bridgehead atoms. The molecule has 0 unspecified atom stereocenters. The maximum absolute atomic E-state index is 11.1. The van der Waals surface area contributed by atoms with Crippen LogP contribution in [0.3, 0.4) is 0 Å². The lowest BCUT2D eigenvalue weighted by Crippen LogP contribution is -1.88. The van der Waals surface area contributed by atoms with E-state index in [9.17, 15) is 4.57 Å². The van der Waals surface area contributed by atoms with Gasteiger partial charge >= 0.3 is 20.4 Å². The first kappa shape index (κ1) is 8.83. The monoisotopic (exact) mass is 216 g/mol. The smallest absolute Gasteiger partial charge is 0.417 e. The third-order valence-electron chi connectivity index (χ3n) is 1.16. The molecule has 0 amide bonds. The maximum Gasteiger partial charge on any atom is 0.425 e. The summed E-state index contributed by atoms with van der Waals surface area (Å²) in [5, 5.41) is 0. The number of aromatic nitrogens is 2. The highest BCUT2D eigenvalue weighted by atomic mass is 31.1. The minimum Gasteiger partial charge on any atom is -0.417 e. The van der Waals surface area contributed by atoms with E-state index < -0.39 is 8.25 Å². The van der Waals surface area contributed by atoms with Crippen molar-refractivity contribution in [3.05, 3.63) is 24.9 Å². The van der Waals surface area contributed by atoms with Crippen molar-refractivity contribution >= 4 is 8.25 Å². The highest BCUT2D eigenvalue weighted by Gasteiger charge is 2.09. The predicted octanol–water partition coefficient (Wildman–Crippen LogP) is 1.51. The Morgan fingerprint density at radius 2 is 1.57 bits per heavy atom. The van der Waals surface area contributed by atoms with Crippen LogP contribution in [0.25, 0.3) is 0 Å². The maximum atomic E-state index is 11.1. The van der Waals surface area contributed by atoms with Crippen LogP contribution in [0, 0.1) is 0 Å². The highest BCUT2D eigenvalue weighted by Crippen LogP contribution is 2.27. The molecule has 0 atom stereocenters. The van der Waals surface area contributed by atoms with Crippen molar-refractivity contribution in [3.63, 3.8) is 0 Å². The van der Waals surface area contributed by atoms with Gasteiger partial charge < -0.3 is 17.9 Å². The summed E-state index contributed by atoms with van der Waals surface area (Å²) >= 11 is 0. The van der Waals surface area contributed by atoms with Crippen molar-refractivity contribution in [1.82, 2.24) is 9.97 Å². The summed E-state index contributed by atoms with van der Waals surface area (Å²) in [7, 11) is -2.80. The molecule has 14 heavy (non-hydrogen) atoms. The molecule has 2 aromatic heterocycles. The quantitative estimate of drug-likeness (QED) is 0.715. The van der Waals surface area contributed by atoms with Gasteiger partial charge in [-0.25, -0.2) is 4.57 Å². The molecule has 2 rings (SSSR count). The van der Waals surface area contributed by atoms with Crippen molar-refractivity contribution in [2.75, 3.05) is 0 Å². The summed E-state index contributed by atoms with van der Waals surface area (Å²) in [5.74, 6) is 0. The van der Waals surface area contributed by atoms with Gasteiger partial charge in [0.2, 0.25) is 0 Å². The first-order chi connectivity index (χ1) is 6.84. The average molecular weight is 216 g/mol. The second-order valence-corrected chi connectivity index (χ2v) is 2.96. The number of oxazole rings is 2. The molecule has 0 aromatic carbocycles. The van der Waals surface area contributed by atoms with Gasteiger partial charge in [0.1, 0.15) is 12.5 Å². The second kappa shape index (κ2) is 3.97. The van der Waals surface area contributed by atoms with Crippen molar-refractivity contribution in [2.24, 2.45) is 0 Å². The van der Waals surface area contributed by atoms with Crippen LogP contribution in [-0.4, -0.2) is 9.97 Å². The van der Waals surface area contributed by atoms with Crippen LogP contribution in [0.2, 0.25) is 0 Å². The van der Waals surface area contributed by atoms with E-state index in [-0.39, 0.29) is 12.2 Å². The molecule has 0 aliphatic rings. The van der Waals surface area contributed by atoms with Gasteiger partial charge in [-0.05, 0) is 0 Å². The highest BCUT2D eigenvalue weighted by molar-refractivity contribution is 7.34. The fraction of sp³-hybridized carbons (Fsp3) is 0. The van der Waals surface area contributed by atoms with Crippen molar-refractivity contribution in [1.29, 1.82) is 0 Å². The summed E-state index contributed by atoms with van der Waals surface area (Å²) in [5.41, 5.74) is 0. The first-order valence-electron chi connectivity index (χ1n) is 3.53. The fourth-order valence-corrected chi connectivity index (χ4v) is 1.21. The SMILES string of the molecule is O=[PH](Oc1ncco1)Oc1ncco1. The van der Waals surface area contributed by atoms with Gasteiger partial charge in [0.05, 0.1) is 12.4 Å². The molecule has 0 aliphatic heterocycles. The number of hydrogen-bond donors (Lipinski definition) is 0. The Morgan fingerprint density at radius 1 is 1.07 bits per heavy atom. The Bertz CT molecular complexity index is 360. The van der Waals surface area contributed by atoms with E-state index >= 15 is 0 Å². The minimum absolute atomic E-state index is 0.125. The molecule has 0 spiro atoms. The van der Waals surface area contributed by atoms with Crippen LogP contribution in [-0.2, 0) is 4.57 Å². The van der Waals surface area contributed by atoms with Crippen LogP contribution in [0.15, 0.2) is 33.8 Å². The normalized spacial score (nSPS) is 10.4. The Labute approximate surface area is 78.6 Å². The van der Waals surface area contributed by atoms with E-state index in [2.05, 4.69) is 27.8 Å². The van der Waals surface area contributed by atoms with Gasteiger partial charge in [-0.3, -0.25) is 0 Å². The molecule has 8 heteroatoms. The number of nitrogens with zero attached hydrogens (tertiary/aromatic N) is 2. The molecule has 2 aromatic rings. The Morgan fingerprint density at radius 3 is 1.93 bits per heavy atom. The molecule has 0 saturated heterocycles. The predicted molar refractivity (Wildman–Crippen MR) is 43.3 cm³/mol. The molecule has 74 valence electrons. The average Bonchev–Trinajstić information content (AvgIpc) is 2.76. The third kappa shape index (κ3) is 2.14. The van der Waals surface area contributed by atoms with Gasteiger partial charge in [-0.2, -0.15) is 9.97 Å². The lowest BCUT2D eigenvalue weighted by Gasteiger charge is -1.99. The third-order valence-corrected chi connectivity index (χ3v) is 1.84. The van der Waals surface area contributed by atoms with Crippen LogP contribution in [0.1, 0.15) is 0 Å². The fourth-order valence-electron chi connectivity index (χ4n) is 0.685.